The first-order valence-corrected chi connectivity index (χ1v) is 7.94. The minimum atomic E-state index is -0.305. The molecule has 0 spiro atoms. The number of hydrogen-bond donors (Lipinski definition) is 1. The van der Waals surface area contributed by atoms with Gasteiger partial charge in [-0.15, -0.1) is 0 Å². The van der Waals surface area contributed by atoms with E-state index in [2.05, 4.69) is 27.2 Å². The van der Waals surface area contributed by atoms with Gasteiger partial charge in [-0.2, -0.15) is 5.10 Å². The lowest BCUT2D eigenvalue weighted by Gasteiger charge is -2.32. The summed E-state index contributed by atoms with van der Waals surface area (Å²) in [6.07, 6.45) is 3.07. The normalized spacial score (nSPS) is 19.1. The van der Waals surface area contributed by atoms with Gasteiger partial charge in [0.2, 0.25) is 0 Å². The van der Waals surface area contributed by atoms with E-state index >= 15 is 0 Å². The number of morpholine rings is 1. The quantitative estimate of drug-likeness (QED) is 0.867. The van der Waals surface area contributed by atoms with Crippen molar-refractivity contribution in [2.24, 2.45) is 0 Å². The van der Waals surface area contributed by atoms with Crippen molar-refractivity contribution < 1.29 is 9.13 Å². The average Bonchev–Trinajstić information content (AvgIpc) is 3.09. The second-order valence-electron chi connectivity index (χ2n) is 5.64. The van der Waals surface area contributed by atoms with Crippen molar-refractivity contribution in [3.63, 3.8) is 0 Å². The highest BCUT2D eigenvalue weighted by Crippen LogP contribution is 2.14. The Kier molecular flexibility index (Phi) is 5.32. The minimum Gasteiger partial charge on any atom is -0.374 e. The lowest BCUT2D eigenvalue weighted by Crippen LogP contribution is -2.46. The molecule has 1 N–H and O–H groups in total. The Balaban J connectivity index is 1.52. The molecule has 0 unspecified atom stereocenters. The van der Waals surface area contributed by atoms with Crippen LogP contribution < -0.4 is 5.32 Å². The first kappa shape index (κ1) is 16.0. The van der Waals surface area contributed by atoms with Crippen LogP contribution in [0.4, 0.5) is 4.39 Å². The summed E-state index contributed by atoms with van der Waals surface area (Å²) in [4.78, 5) is 6.21. The topological polar surface area (TPSA) is 55.2 Å². The van der Waals surface area contributed by atoms with Gasteiger partial charge in [-0.25, -0.2) is 14.1 Å². The Hall–Kier alpha value is -1.83. The van der Waals surface area contributed by atoms with Crippen molar-refractivity contribution in [3.05, 3.63) is 42.2 Å². The summed E-state index contributed by atoms with van der Waals surface area (Å²) in [5.41, 5.74) is 1.30. The molecule has 1 aromatic carbocycles. The Morgan fingerprint density at radius 3 is 3.09 bits per heavy atom. The molecule has 7 heteroatoms. The number of nitrogens with one attached hydrogen (secondary N) is 1. The van der Waals surface area contributed by atoms with Crippen LogP contribution in [-0.4, -0.2) is 58.6 Å². The summed E-state index contributed by atoms with van der Waals surface area (Å²) in [6, 6.07) is 5.15. The predicted molar refractivity (Wildman–Crippen MR) is 84.9 cm³/mol. The minimum absolute atomic E-state index is 0.197. The molecule has 0 aliphatic carbocycles. The van der Waals surface area contributed by atoms with Crippen LogP contribution >= 0.6 is 0 Å². The van der Waals surface area contributed by atoms with Gasteiger partial charge in [0.25, 0.3) is 0 Å². The lowest BCUT2D eigenvalue weighted by molar-refractivity contribution is -0.0253. The molecule has 3 rings (SSSR count). The van der Waals surface area contributed by atoms with E-state index in [0.717, 1.165) is 38.3 Å². The molecular formula is C16H22FN5O. The highest BCUT2D eigenvalue weighted by atomic mass is 19.1. The van der Waals surface area contributed by atoms with Crippen LogP contribution in [-0.2, 0) is 11.3 Å². The van der Waals surface area contributed by atoms with Gasteiger partial charge in [-0.1, -0.05) is 13.0 Å². The average molecular weight is 319 g/mol. The number of rotatable bonds is 6. The van der Waals surface area contributed by atoms with E-state index < -0.39 is 0 Å². The third-order valence-corrected chi connectivity index (χ3v) is 4.05. The smallest absolute Gasteiger partial charge is 0.149 e. The van der Waals surface area contributed by atoms with E-state index in [0.29, 0.717) is 12.2 Å². The SMILES string of the molecule is CCN1CCO[C@H](CNCc2ccc(-n3cncn3)c(F)c2)C1. The fourth-order valence-corrected chi connectivity index (χ4v) is 2.75. The Bertz CT molecular complexity index is 619. The number of hydrogen-bond acceptors (Lipinski definition) is 5. The van der Waals surface area contributed by atoms with Crippen LogP contribution in [0.15, 0.2) is 30.9 Å². The number of nitrogens with zero attached hydrogens (tertiary/aromatic N) is 4. The molecule has 1 aliphatic heterocycles. The summed E-state index contributed by atoms with van der Waals surface area (Å²) >= 11 is 0. The van der Waals surface area contributed by atoms with Crippen molar-refractivity contribution in [2.45, 2.75) is 19.6 Å². The van der Waals surface area contributed by atoms with Gasteiger partial charge in [0.05, 0.1) is 12.7 Å². The molecule has 0 bridgehead atoms. The molecule has 2 heterocycles. The first-order valence-electron chi connectivity index (χ1n) is 7.94. The summed E-state index contributed by atoms with van der Waals surface area (Å²) in [6.45, 7) is 7.32. The predicted octanol–water partition coefficient (Wildman–Crippen LogP) is 1.22. The van der Waals surface area contributed by atoms with E-state index in [4.69, 9.17) is 4.74 Å². The van der Waals surface area contributed by atoms with Crippen LogP contribution in [0.1, 0.15) is 12.5 Å². The zero-order valence-corrected chi connectivity index (χ0v) is 13.3. The molecule has 1 fully saturated rings. The zero-order chi connectivity index (χ0) is 16.1. The van der Waals surface area contributed by atoms with Crippen molar-refractivity contribution in [3.8, 4) is 5.69 Å². The monoisotopic (exact) mass is 319 g/mol. The van der Waals surface area contributed by atoms with Crippen LogP contribution in [0.5, 0.6) is 0 Å². The highest BCUT2D eigenvalue weighted by molar-refractivity contribution is 5.35. The highest BCUT2D eigenvalue weighted by Gasteiger charge is 2.18. The molecule has 1 aromatic heterocycles. The molecule has 23 heavy (non-hydrogen) atoms. The molecule has 124 valence electrons. The van der Waals surface area contributed by atoms with Crippen LogP contribution in [0.2, 0.25) is 0 Å². The molecule has 6 nitrogen and oxygen atoms in total. The van der Waals surface area contributed by atoms with Crippen LogP contribution in [0, 0.1) is 5.82 Å². The van der Waals surface area contributed by atoms with Crippen LogP contribution in [0.25, 0.3) is 5.69 Å². The van der Waals surface area contributed by atoms with Gasteiger partial charge in [0, 0.05) is 26.2 Å². The Morgan fingerprint density at radius 1 is 1.43 bits per heavy atom. The number of aromatic nitrogens is 3. The fraction of sp³-hybridized carbons (Fsp3) is 0.500. The molecule has 1 atom stereocenters. The Morgan fingerprint density at radius 2 is 2.35 bits per heavy atom. The van der Waals surface area contributed by atoms with E-state index in [1.54, 1.807) is 6.07 Å². The third kappa shape index (κ3) is 4.13. The largest absolute Gasteiger partial charge is 0.374 e. The summed E-state index contributed by atoms with van der Waals surface area (Å²) in [5, 5.41) is 7.29. The molecular weight excluding hydrogens is 297 g/mol. The summed E-state index contributed by atoms with van der Waals surface area (Å²) in [5.74, 6) is -0.305. The van der Waals surface area contributed by atoms with Crippen molar-refractivity contribution in [1.82, 2.24) is 25.0 Å². The maximum absolute atomic E-state index is 14.1. The van der Waals surface area contributed by atoms with Crippen molar-refractivity contribution >= 4 is 0 Å². The molecule has 2 aromatic rings. The maximum Gasteiger partial charge on any atom is 0.149 e. The first-order chi connectivity index (χ1) is 11.3. The van der Waals surface area contributed by atoms with Crippen molar-refractivity contribution in [1.29, 1.82) is 0 Å². The van der Waals surface area contributed by atoms with E-state index in [-0.39, 0.29) is 11.9 Å². The van der Waals surface area contributed by atoms with E-state index in [9.17, 15) is 4.39 Å². The van der Waals surface area contributed by atoms with Gasteiger partial charge in [-0.05, 0) is 24.2 Å². The van der Waals surface area contributed by atoms with Crippen molar-refractivity contribution in [2.75, 3.05) is 32.8 Å². The number of likely N-dealkylation sites (N-methyl/N-ethyl adjacent to an activating group) is 1. The second-order valence-corrected chi connectivity index (χ2v) is 5.64. The molecule has 1 saturated heterocycles. The number of benzene rings is 1. The molecule has 1 aliphatic rings. The summed E-state index contributed by atoms with van der Waals surface area (Å²) < 4.78 is 21.3. The number of ether oxygens (including phenoxy) is 1. The lowest BCUT2D eigenvalue weighted by atomic mass is 10.2. The number of halogens is 1. The van der Waals surface area contributed by atoms with E-state index in [1.165, 1.54) is 23.4 Å². The standard InChI is InChI=1S/C16H22FN5O/c1-2-21-5-6-23-14(10-21)9-18-8-13-3-4-16(15(17)7-13)22-12-19-11-20-22/h3-4,7,11-12,14,18H,2,5-6,8-10H2,1H3/t14-/m1/s1. The van der Waals surface area contributed by atoms with E-state index in [1.807, 2.05) is 6.07 Å². The second kappa shape index (κ2) is 7.63. The maximum atomic E-state index is 14.1. The van der Waals surface area contributed by atoms with Gasteiger partial charge in [0.1, 0.15) is 24.2 Å². The Labute approximate surface area is 135 Å². The molecule has 0 radical (unpaired) electrons. The molecule has 0 saturated carbocycles. The molecule has 0 amide bonds. The summed E-state index contributed by atoms with van der Waals surface area (Å²) in [7, 11) is 0. The van der Waals surface area contributed by atoms with Gasteiger partial charge in [-0.3, -0.25) is 4.90 Å². The van der Waals surface area contributed by atoms with Crippen LogP contribution in [0.3, 0.4) is 0 Å². The van der Waals surface area contributed by atoms with Gasteiger partial charge < -0.3 is 10.1 Å². The third-order valence-electron chi connectivity index (χ3n) is 4.05. The van der Waals surface area contributed by atoms with Gasteiger partial charge in [0.15, 0.2) is 0 Å². The zero-order valence-electron chi connectivity index (χ0n) is 13.3. The fourth-order valence-electron chi connectivity index (χ4n) is 2.75. The van der Waals surface area contributed by atoms with Gasteiger partial charge >= 0.3 is 0 Å².